The van der Waals surface area contributed by atoms with Gasteiger partial charge >= 0.3 is 6.09 Å². The zero-order chi connectivity index (χ0) is 10.6. The number of piperidine rings is 1. The smallest absolute Gasteiger partial charge is 0.421 e. The van der Waals surface area contributed by atoms with Gasteiger partial charge in [0.1, 0.15) is 0 Å². The van der Waals surface area contributed by atoms with E-state index in [1.165, 1.54) is 5.01 Å². The van der Waals surface area contributed by atoms with Crippen LogP contribution in [-0.2, 0) is 0 Å². The summed E-state index contributed by atoms with van der Waals surface area (Å²) in [7, 11) is 0. The highest BCUT2D eigenvalue weighted by atomic mass is 16.4. The molecule has 14 heavy (non-hydrogen) atoms. The Bertz CT molecular complexity index is 190. The summed E-state index contributed by atoms with van der Waals surface area (Å²) in [6, 6.07) is 0. The number of hydrogen-bond donors (Lipinski definition) is 2. The molecule has 0 aromatic rings. The summed E-state index contributed by atoms with van der Waals surface area (Å²) in [4.78, 5) is 10.8. The Kier molecular flexibility index (Phi) is 4.16. The van der Waals surface area contributed by atoms with Crippen molar-refractivity contribution in [3.63, 3.8) is 0 Å². The maximum atomic E-state index is 10.8. The van der Waals surface area contributed by atoms with Gasteiger partial charge in [0, 0.05) is 19.6 Å². The van der Waals surface area contributed by atoms with Crippen LogP contribution in [0.3, 0.4) is 0 Å². The summed E-state index contributed by atoms with van der Waals surface area (Å²) in [5.74, 6) is 0.568. The normalized spacial score (nSPS) is 19.6. The molecule has 3 N–H and O–H groups in total. The minimum atomic E-state index is -0.862. The Morgan fingerprint density at radius 2 is 2.14 bits per heavy atom. The fourth-order valence-electron chi connectivity index (χ4n) is 1.85. The van der Waals surface area contributed by atoms with Gasteiger partial charge in [-0.25, -0.2) is 14.8 Å². The van der Waals surface area contributed by atoms with E-state index in [-0.39, 0.29) is 0 Å². The molecule has 0 spiro atoms. The molecule has 1 amide bonds. The average Bonchev–Trinajstić information content (AvgIpc) is 2.19. The largest absolute Gasteiger partial charge is 0.464 e. The second-order valence-corrected chi connectivity index (χ2v) is 3.63. The van der Waals surface area contributed by atoms with Crippen molar-refractivity contribution in [3.8, 4) is 0 Å². The van der Waals surface area contributed by atoms with E-state index < -0.39 is 6.09 Å². The molecule has 0 aromatic heterocycles. The zero-order valence-corrected chi connectivity index (χ0v) is 8.65. The van der Waals surface area contributed by atoms with Gasteiger partial charge in [0.2, 0.25) is 0 Å². The monoisotopic (exact) mass is 201 g/mol. The molecule has 1 aliphatic heterocycles. The lowest BCUT2D eigenvalue weighted by atomic mass is 9.98. The van der Waals surface area contributed by atoms with E-state index in [1.807, 2.05) is 11.9 Å². The predicted molar refractivity (Wildman–Crippen MR) is 53.8 cm³/mol. The molecule has 0 aromatic carbocycles. The quantitative estimate of drug-likeness (QED) is 0.700. The Morgan fingerprint density at radius 3 is 2.50 bits per heavy atom. The van der Waals surface area contributed by atoms with E-state index >= 15 is 0 Å². The highest BCUT2D eigenvalue weighted by Crippen LogP contribution is 2.17. The first-order chi connectivity index (χ1) is 6.69. The fourth-order valence-corrected chi connectivity index (χ4v) is 1.85. The van der Waals surface area contributed by atoms with Gasteiger partial charge in [0.05, 0.1) is 0 Å². The fraction of sp³-hybridized carbons (Fsp3) is 0.889. The first kappa shape index (κ1) is 11.3. The van der Waals surface area contributed by atoms with Crippen LogP contribution < -0.4 is 5.73 Å². The van der Waals surface area contributed by atoms with Crippen LogP contribution in [0.2, 0.25) is 0 Å². The molecule has 0 radical (unpaired) electrons. The van der Waals surface area contributed by atoms with Gasteiger partial charge < -0.3 is 10.8 Å². The van der Waals surface area contributed by atoms with Crippen molar-refractivity contribution in [2.24, 2.45) is 11.7 Å². The highest BCUT2D eigenvalue weighted by molar-refractivity contribution is 5.64. The van der Waals surface area contributed by atoms with Crippen LogP contribution in [0.5, 0.6) is 0 Å². The van der Waals surface area contributed by atoms with E-state index in [0.29, 0.717) is 19.0 Å². The van der Waals surface area contributed by atoms with Crippen molar-refractivity contribution in [3.05, 3.63) is 0 Å². The van der Waals surface area contributed by atoms with E-state index in [9.17, 15) is 4.79 Å². The van der Waals surface area contributed by atoms with E-state index in [1.54, 1.807) is 0 Å². The van der Waals surface area contributed by atoms with Gasteiger partial charge in [-0.15, -0.1) is 0 Å². The van der Waals surface area contributed by atoms with Crippen LogP contribution in [-0.4, -0.2) is 47.4 Å². The molecule has 1 fully saturated rings. The second kappa shape index (κ2) is 5.17. The lowest BCUT2D eigenvalue weighted by Crippen LogP contribution is -2.50. The maximum absolute atomic E-state index is 10.8. The minimum absolute atomic E-state index is 0.516. The number of rotatable bonds is 3. The topological polar surface area (TPSA) is 69.8 Å². The summed E-state index contributed by atoms with van der Waals surface area (Å²) in [5, 5.41) is 12.2. The van der Waals surface area contributed by atoms with Crippen LogP contribution in [0.1, 0.15) is 19.8 Å². The third-order valence-electron chi connectivity index (χ3n) is 2.79. The molecule has 5 heteroatoms. The summed E-state index contributed by atoms with van der Waals surface area (Å²) < 4.78 is 0. The van der Waals surface area contributed by atoms with E-state index in [2.05, 4.69) is 0 Å². The molecule has 1 aliphatic rings. The van der Waals surface area contributed by atoms with Gasteiger partial charge in [-0.1, -0.05) is 0 Å². The average molecular weight is 201 g/mol. The first-order valence-corrected chi connectivity index (χ1v) is 5.14. The molecule has 0 bridgehead atoms. The van der Waals surface area contributed by atoms with Gasteiger partial charge in [-0.2, -0.15) is 0 Å². The van der Waals surface area contributed by atoms with Gasteiger partial charge in [-0.3, -0.25) is 0 Å². The Balaban J connectivity index is 2.43. The summed E-state index contributed by atoms with van der Waals surface area (Å²) >= 11 is 0. The first-order valence-electron chi connectivity index (χ1n) is 5.14. The predicted octanol–water partition coefficient (Wildman–Crippen LogP) is 0.572. The lowest BCUT2D eigenvalue weighted by molar-refractivity contribution is -0.0274. The molecule has 0 saturated carbocycles. The van der Waals surface area contributed by atoms with Gasteiger partial charge in [0.25, 0.3) is 0 Å². The SMILES string of the molecule is CCN(C(=O)O)N1CCC(CN)CC1. The Labute approximate surface area is 84.4 Å². The van der Waals surface area contributed by atoms with Crippen molar-refractivity contribution in [2.75, 3.05) is 26.2 Å². The Hall–Kier alpha value is -0.810. The minimum Gasteiger partial charge on any atom is -0.464 e. The molecule has 0 atom stereocenters. The molecule has 1 saturated heterocycles. The maximum Gasteiger partial charge on any atom is 0.421 e. The third kappa shape index (κ3) is 2.59. The lowest BCUT2D eigenvalue weighted by Gasteiger charge is -2.37. The van der Waals surface area contributed by atoms with Crippen LogP contribution >= 0.6 is 0 Å². The molecule has 0 unspecified atom stereocenters. The zero-order valence-electron chi connectivity index (χ0n) is 8.65. The molecule has 5 nitrogen and oxygen atoms in total. The van der Waals surface area contributed by atoms with Crippen LogP contribution in [0.25, 0.3) is 0 Å². The van der Waals surface area contributed by atoms with Crippen LogP contribution in [0.15, 0.2) is 0 Å². The molecule has 0 aliphatic carbocycles. The highest BCUT2D eigenvalue weighted by Gasteiger charge is 2.24. The van der Waals surface area contributed by atoms with Crippen molar-refractivity contribution in [2.45, 2.75) is 19.8 Å². The van der Waals surface area contributed by atoms with Crippen molar-refractivity contribution >= 4 is 6.09 Å². The van der Waals surface area contributed by atoms with Crippen LogP contribution in [0, 0.1) is 5.92 Å². The number of hydrogen-bond acceptors (Lipinski definition) is 3. The van der Waals surface area contributed by atoms with Crippen molar-refractivity contribution in [1.82, 2.24) is 10.0 Å². The summed E-state index contributed by atoms with van der Waals surface area (Å²) in [6.07, 6.45) is 1.14. The molecule has 1 rings (SSSR count). The number of carboxylic acid groups (broad SMARTS) is 1. The van der Waals surface area contributed by atoms with Crippen molar-refractivity contribution < 1.29 is 9.90 Å². The number of nitrogens with two attached hydrogens (primary N) is 1. The third-order valence-corrected chi connectivity index (χ3v) is 2.79. The number of nitrogens with zero attached hydrogens (tertiary/aromatic N) is 2. The molecule has 82 valence electrons. The summed E-state index contributed by atoms with van der Waals surface area (Å²) in [6.45, 7) is 4.70. The van der Waals surface area contributed by atoms with Crippen molar-refractivity contribution in [1.29, 1.82) is 0 Å². The Morgan fingerprint density at radius 1 is 1.57 bits per heavy atom. The molecular weight excluding hydrogens is 182 g/mol. The summed E-state index contributed by atoms with van der Waals surface area (Å²) in [5.41, 5.74) is 5.57. The number of hydrazine groups is 1. The van der Waals surface area contributed by atoms with E-state index in [0.717, 1.165) is 25.9 Å². The van der Waals surface area contributed by atoms with E-state index in [4.69, 9.17) is 10.8 Å². The molecule has 1 heterocycles. The van der Waals surface area contributed by atoms with Gasteiger partial charge in [-0.05, 0) is 32.2 Å². The van der Waals surface area contributed by atoms with Crippen LogP contribution in [0.4, 0.5) is 4.79 Å². The number of carbonyl (C=O) groups is 1. The molecular formula is C9H19N3O2. The van der Waals surface area contributed by atoms with Gasteiger partial charge in [0.15, 0.2) is 0 Å². The number of amides is 1. The second-order valence-electron chi connectivity index (χ2n) is 3.63. The standard InChI is InChI=1S/C9H19N3O2/c1-2-12(9(13)14)11-5-3-8(7-10)4-6-11/h8H,2-7,10H2,1H3,(H,13,14).